The van der Waals surface area contributed by atoms with Crippen LogP contribution in [0.2, 0.25) is 0 Å². The van der Waals surface area contributed by atoms with Crippen molar-refractivity contribution in [3.8, 4) is 5.75 Å². The van der Waals surface area contributed by atoms with E-state index in [1.54, 1.807) is 0 Å². The summed E-state index contributed by atoms with van der Waals surface area (Å²) in [6.07, 6.45) is 1.23. The first-order valence-corrected chi connectivity index (χ1v) is 8.12. The topological polar surface area (TPSA) is 19.0 Å². The van der Waals surface area contributed by atoms with Crippen LogP contribution in [0.1, 0.15) is 12.0 Å². The Bertz CT molecular complexity index is 469. The van der Waals surface area contributed by atoms with Crippen molar-refractivity contribution in [2.24, 2.45) is 0 Å². The fraction of sp³-hybridized carbons (Fsp3) is 0.647. The van der Waals surface area contributed by atoms with Crippen LogP contribution in [0.3, 0.4) is 0 Å². The summed E-state index contributed by atoms with van der Waals surface area (Å²) < 4.78 is 5.76. The zero-order valence-corrected chi connectivity index (χ0v) is 13.3. The van der Waals surface area contributed by atoms with Gasteiger partial charge in [-0.3, -0.25) is 0 Å². The zero-order chi connectivity index (χ0) is 14.7. The Balaban J connectivity index is 1.51. The lowest BCUT2D eigenvalue weighted by Crippen LogP contribution is -2.45. The van der Waals surface area contributed by atoms with Crippen molar-refractivity contribution in [1.82, 2.24) is 9.80 Å². The minimum Gasteiger partial charge on any atom is -0.490 e. The number of anilines is 1. The van der Waals surface area contributed by atoms with Crippen molar-refractivity contribution in [2.75, 3.05) is 64.4 Å². The van der Waals surface area contributed by atoms with Crippen LogP contribution in [0.5, 0.6) is 5.75 Å². The summed E-state index contributed by atoms with van der Waals surface area (Å²) in [5, 5.41) is 0. The van der Waals surface area contributed by atoms with E-state index in [0.717, 1.165) is 25.4 Å². The standard InChI is InChI=1S/C17H27N3O/c1-15-4-5-17-16(14-15)20(12-13-21-17)7-3-6-19-10-8-18(2)9-11-19/h4-5,14H,3,6-13H2,1-2H3. The number of piperazine rings is 1. The smallest absolute Gasteiger partial charge is 0.142 e. The molecule has 4 heteroatoms. The number of likely N-dealkylation sites (N-methyl/N-ethyl adjacent to an activating group) is 1. The Hall–Kier alpha value is -1.26. The highest BCUT2D eigenvalue weighted by Gasteiger charge is 2.18. The summed E-state index contributed by atoms with van der Waals surface area (Å²) in [7, 11) is 2.21. The number of nitrogens with zero attached hydrogens (tertiary/aromatic N) is 3. The average molecular weight is 289 g/mol. The number of fused-ring (bicyclic) bond motifs is 1. The molecule has 0 bridgehead atoms. The van der Waals surface area contributed by atoms with Crippen LogP contribution in [0, 0.1) is 6.92 Å². The maximum atomic E-state index is 5.76. The summed E-state index contributed by atoms with van der Waals surface area (Å²) in [6.45, 7) is 11.2. The molecule has 2 aliphatic heterocycles. The van der Waals surface area contributed by atoms with Crippen molar-refractivity contribution in [3.63, 3.8) is 0 Å². The summed E-state index contributed by atoms with van der Waals surface area (Å²) in [5.74, 6) is 1.05. The van der Waals surface area contributed by atoms with Gasteiger partial charge < -0.3 is 19.4 Å². The normalized spacial score (nSPS) is 20.2. The quantitative estimate of drug-likeness (QED) is 0.842. The van der Waals surface area contributed by atoms with Crippen molar-refractivity contribution in [2.45, 2.75) is 13.3 Å². The number of hydrogen-bond donors (Lipinski definition) is 0. The highest BCUT2D eigenvalue weighted by molar-refractivity contribution is 5.61. The van der Waals surface area contributed by atoms with E-state index >= 15 is 0 Å². The molecule has 0 saturated carbocycles. The van der Waals surface area contributed by atoms with E-state index in [2.05, 4.69) is 46.9 Å². The van der Waals surface area contributed by atoms with E-state index in [9.17, 15) is 0 Å². The van der Waals surface area contributed by atoms with Crippen molar-refractivity contribution >= 4 is 5.69 Å². The maximum Gasteiger partial charge on any atom is 0.142 e. The Morgan fingerprint density at radius 2 is 1.86 bits per heavy atom. The second kappa shape index (κ2) is 6.67. The molecule has 21 heavy (non-hydrogen) atoms. The molecule has 2 aliphatic rings. The first-order chi connectivity index (χ1) is 10.2. The third-order valence-corrected chi connectivity index (χ3v) is 4.57. The molecule has 0 amide bonds. The molecule has 0 N–H and O–H groups in total. The molecule has 3 rings (SSSR count). The van der Waals surface area contributed by atoms with Gasteiger partial charge in [-0.05, 0) is 44.6 Å². The van der Waals surface area contributed by atoms with Gasteiger partial charge in [-0.25, -0.2) is 0 Å². The van der Waals surface area contributed by atoms with E-state index in [0.29, 0.717) is 0 Å². The van der Waals surface area contributed by atoms with E-state index in [4.69, 9.17) is 4.74 Å². The van der Waals surface area contributed by atoms with Crippen LogP contribution in [-0.4, -0.2) is 69.3 Å². The molecular weight excluding hydrogens is 262 g/mol. The molecule has 0 aliphatic carbocycles. The van der Waals surface area contributed by atoms with Crippen molar-refractivity contribution in [1.29, 1.82) is 0 Å². The van der Waals surface area contributed by atoms with Crippen LogP contribution in [-0.2, 0) is 0 Å². The molecule has 0 aromatic heterocycles. The number of rotatable bonds is 4. The minimum absolute atomic E-state index is 0.810. The molecule has 0 atom stereocenters. The van der Waals surface area contributed by atoms with E-state index in [1.165, 1.54) is 50.4 Å². The first-order valence-electron chi connectivity index (χ1n) is 8.12. The highest BCUT2D eigenvalue weighted by atomic mass is 16.5. The van der Waals surface area contributed by atoms with E-state index in [-0.39, 0.29) is 0 Å². The van der Waals surface area contributed by atoms with Gasteiger partial charge in [0.1, 0.15) is 12.4 Å². The van der Waals surface area contributed by atoms with Crippen LogP contribution in [0.4, 0.5) is 5.69 Å². The SMILES string of the molecule is Cc1ccc2c(c1)N(CCCN1CCN(C)CC1)CCO2. The highest BCUT2D eigenvalue weighted by Crippen LogP contribution is 2.32. The monoisotopic (exact) mass is 289 g/mol. The first kappa shape index (κ1) is 14.7. The molecule has 1 fully saturated rings. The van der Waals surface area contributed by atoms with Crippen LogP contribution < -0.4 is 9.64 Å². The van der Waals surface area contributed by atoms with Crippen LogP contribution in [0.15, 0.2) is 18.2 Å². The summed E-state index contributed by atoms with van der Waals surface area (Å²) in [4.78, 5) is 7.50. The minimum atomic E-state index is 0.810. The van der Waals surface area contributed by atoms with Gasteiger partial charge in [0.05, 0.1) is 12.2 Å². The molecule has 0 spiro atoms. The van der Waals surface area contributed by atoms with Crippen LogP contribution >= 0.6 is 0 Å². The molecule has 2 heterocycles. The maximum absolute atomic E-state index is 5.76. The van der Waals surface area contributed by atoms with Gasteiger partial charge in [0.15, 0.2) is 0 Å². The lowest BCUT2D eigenvalue weighted by Gasteiger charge is -2.34. The molecule has 0 radical (unpaired) electrons. The molecule has 1 aromatic rings. The molecule has 1 aromatic carbocycles. The lowest BCUT2D eigenvalue weighted by atomic mass is 10.1. The fourth-order valence-corrected chi connectivity index (χ4v) is 3.17. The lowest BCUT2D eigenvalue weighted by molar-refractivity contribution is 0.153. The fourth-order valence-electron chi connectivity index (χ4n) is 3.17. The Kier molecular flexibility index (Phi) is 4.66. The van der Waals surface area contributed by atoms with Gasteiger partial charge in [0.25, 0.3) is 0 Å². The Morgan fingerprint density at radius 3 is 2.67 bits per heavy atom. The Labute approximate surface area is 128 Å². The van der Waals surface area contributed by atoms with Gasteiger partial charge in [0.2, 0.25) is 0 Å². The third-order valence-electron chi connectivity index (χ3n) is 4.57. The third kappa shape index (κ3) is 3.69. The predicted octanol–water partition coefficient (Wildman–Crippen LogP) is 1.83. The van der Waals surface area contributed by atoms with Gasteiger partial charge in [0, 0.05) is 32.7 Å². The molecular formula is C17H27N3O. The number of benzene rings is 1. The van der Waals surface area contributed by atoms with E-state index in [1.807, 2.05) is 0 Å². The van der Waals surface area contributed by atoms with Crippen molar-refractivity contribution in [3.05, 3.63) is 23.8 Å². The second-order valence-corrected chi connectivity index (χ2v) is 6.31. The van der Waals surface area contributed by atoms with Gasteiger partial charge >= 0.3 is 0 Å². The number of ether oxygens (including phenoxy) is 1. The predicted molar refractivity (Wildman–Crippen MR) is 87.4 cm³/mol. The molecule has 116 valence electrons. The molecule has 4 nitrogen and oxygen atoms in total. The summed E-state index contributed by atoms with van der Waals surface area (Å²) >= 11 is 0. The number of aryl methyl sites for hydroxylation is 1. The zero-order valence-electron chi connectivity index (χ0n) is 13.3. The summed E-state index contributed by atoms with van der Waals surface area (Å²) in [6, 6.07) is 6.49. The molecule has 1 saturated heterocycles. The van der Waals surface area contributed by atoms with Gasteiger partial charge in [-0.2, -0.15) is 0 Å². The Morgan fingerprint density at radius 1 is 1.05 bits per heavy atom. The number of hydrogen-bond acceptors (Lipinski definition) is 4. The van der Waals surface area contributed by atoms with E-state index < -0.39 is 0 Å². The largest absolute Gasteiger partial charge is 0.490 e. The second-order valence-electron chi connectivity index (χ2n) is 6.31. The summed E-state index contributed by atoms with van der Waals surface area (Å²) in [5.41, 5.74) is 2.59. The average Bonchev–Trinajstić information content (AvgIpc) is 2.50. The van der Waals surface area contributed by atoms with Gasteiger partial charge in [-0.1, -0.05) is 6.07 Å². The van der Waals surface area contributed by atoms with Gasteiger partial charge in [-0.15, -0.1) is 0 Å². The van der Waals surface area contributed by atoms with Crippen LogP contribution in [0.25, 0.3) is 0 Å². The van der Waals surface area contributed by atoms with Crippen molar-refractivity contribution < 1.29 is 4.74 Å². The molecule has 0 unspecified atom stereocenters.